The number of fused-ring (bicyclic) bond motifs is 1. The Hall–Kier alpha value is -1.81. The van der Waals surface area contributed by atoms with E-state index in [2.05, 4.69) is 17.6 Å². The molecule has 10 heteroatoms. The smallest absolute Gasteiger partial charge is 0.254 e. The van der Waals surface area contributed by atoms with E-state index in [1.165, 1.54) is 4.88 Å². The van der Waals surface area contributed by atoms with Gasteiger partial charge in [-0.3, -0.25) is 4.79 Å². The summed E-state index contributed by atoms with van der Waals surface area (Å²) in [5.74, 6) is 0.913. The SMILES string of the molecule is CC1CCc2c(sc(NCC(O)COc3ccccc3Cl)c2C(=O)NC2CCS(=O)(=O)C2)C1. The van der Waals surface area contributed by atoms with Crippen molar-refractivity contribution in [3.63, 3.8) is 0 Å². The maximum absolute atomic E-state index is 13.2. The first-order valence-corrected chi connectivity index (χ1v) is 14.2. The fraction of sp³-hybridized carbons (Fsp3) is 0.522. The molecule has 1 saturated heterocycles. The Balaban J connectivity index is 1.44. The maximum Gasteiger partial charge on any atom is 0.254 e. The molecule has 2 aromatic rings. The fourth-order valence-corrected chi connectivity index (χ4v) is 7.58. The molecule has 1 fully saturated rings. The zero-order chi connectivity index (χ0) is 23.6. The van der Waals surface area contributed by atoms with Crippen molar-refractivity contribution in [2.24, 2.45) is 5.92 Å². The third-order valence-electron chi connectivity index (χ3n) is 6.07. The van der Waals surface area contributed by atoms with Gasteiger partial charge in [-0.2, -0.15) is 0 Å². The van der Waals surface area contributed by atoms with Crippen LogP contribution in [0.3, 0.4) is 0 Å². The lowest BCUT2D eigenvalue weighted by Gasteiger charge is -2.19. The molecule has 1 aliphatic heterocycles. The van der Waals surface area contributed by atoms with E-state index in [4.69, 9.17) is 16.3 Å². The molecule has 3 N–H and O–H groups in total. The van der Waals surface area contributed by atoms with Crippen LogP contribution in [0.5, 0.6) is 5.75 Å². The highest BCUT2D eigenvalue weighted by atomic mass is 35.5. The molecule has 1 aromatic carbocycles. The number of benzene rings is 1. The highest BCUT2D eigenvalue weighted by Crippen LogP contribution is 2.39. The average molecular weight is 513 g/mol. The largest absolute Gasteiger partial charge is 0.489 e. The Kier molecular flexibility index (Phi) is 7.53. The van der Waals surface area contributed by atoms with E-state index in [0.717, 1.165) is 24.8 Å². The molecule has 3 atom stereocenters. The van der Waals surface area contributed by atoms with Crippen LogP contribution in [0.25, 0.3) is 0 Å². The molecule has 3 unspecified atom stereocenters. The highest BCUT2D eigenvalue weighted by Gasteiger charge is 2.32. The Morgan fingerprint density at radius 1 is 1.33 bits per heavy atom. The van der Waals surface area contributed by atoms with Crippen molar-refractivity contribution in [2.45, 2.75) is 44.8 Å². The number of ether oxygens (including phenoxy) is 1. The molecule has 4 rings (SSSR count). The quantitative estimate of drug-likeness (QED) is 0.501. The average Bonchev–Trinajstić information content (AvgIpc) is 3.29. The molecule has 7 nitrogen and oxygen atoms in total. The van der Waals surface area contributed by atoms with E-state index >= 15 is 0 Å². The van der Waals surface area contributed by atoms with Gasteiger partial charge in [0.1, 0.15) is 23.5 Å². The van der Waals surface area contributed by atoms with E-state index in [1.54, 1.807) is 29.5 Å². The lowest BCUT2D eigenvalue weighted by Crippen LogP contribution is -2.36. The van der Waals surface area contributed by atoms with Gasteiger partial charge in [0.25, 0.3) is 5.91 Å². The number of aliphatic hydroxyl groups is 1. The van der Waals surface area contributed by atoms with Crippen molar-refractivity contribution in [1.82, 2.24) is 5.32 Å². The van der Waals surface area contributed by atoms with Crippen molar-refractivity contribution in [2.75, 3.05) is 30.0 Å². The van der Waals surface area contributed by atoms with E-state index in [-0.39, 0.29) is 36.6 Å². The second-order valence-electron chi connectivity index (χ2n) is 8.91. The summed E-state index contributed by atoms with van der Waals surface area (Å²) in [5, 5.41) is 17.8. The number of thiophene rings is 1. The predicted octanol–water partition coefficient (Wildman–Crippen LogP) is 3.30. The normalized spacial score (nSPS) is 22.4. The first kappa shape index (κ1) is 24.3. The Morgan fingerprint density at radius 3 is 2.85 bits per heavy atom. The van der Waals surface area contributed by atoms with Gasteiger partial charge in [0.2, 0.25) is 0 Å². The summed E-state index contributed by atoms with van der Waals surface area (Å²) in [5.41, 5.74) is 1.63. The number of anilines is 1. The van der Waals surface area contributed by atoms with Gasteiger partial charge in [-0.25, -0.2) is 8.42 Å². The monoisotopic (exact) mass is 512 g/mol. The molecule has 0 spiro atoms. The summed E-state index contributed by atoms with van der Waals surface area (Å²) < 4.78 is 29.2. The van der Waals surface area contributed by atoms with Crippen molar-refractivity contribution < 1.29 is 23.1 Å². The van der Waals surface area contributed by atoms with E-state index < -0.39 is 15.9 Å². The number of carbonyl (C=O) groups is 1. The molecule has 2 aliphatic rings. The number of nitrogens with one attached hydrogen (secondary N) is 2. The predicted molar refractivity (Wildman–Crippen MR) is 131 cm³/mol. The first-order chi connectivity index (χ1) is 15.7. The van der Waals surface area contributed by atoms with Gasteiger partial charge in [0.05, 0.1) is 22.1 Å². The first-order valence-electron chi connectivity index (χ1n) is 11.2. The van der Waals surface area contributed by atoms with E-state index in [0.29, 0.717) is 33.7 Å². The van der Waals surface area contributed by atoms with Gasteiger partial charge in [0, 0.05) is 17.5 Å². The summed E-state index contributed by atoms with van der Waals surface area (Å²) in [6.45, 7) is 2.46. The van der Waals surface area contributed by atoms with Crippen LogP contribution in [-0.4, -0.2) is 56.2 Å². The molecular formula is C23H29ClN2O5S2. The Labute approximate surface area is 203 Å². The second-order valence-corrected chi connectivity index (χ2v) is 12.6. The molecular weight excluding hydrogens is 484 g/mol. The Bertz CT molecular complexity index is 1120. The maximum atomic E-state index is 13.2. The van der Waals surface area contributed by atoms with Gasteiger partial charge in [0.15, 0.2) is 9.84 Å². The van der Waals surface area contributed by atoms with Crippen LogP contribution >= 0.6 is 22.9 Å². The fourth-order valence-electron chi connectivity index (χ4n) is 4.30. The molecule has 0 radical (unpaired) electrons. The summed E-state index contributed by atoms with van der Waals surface area (Å²) in [6.07, 6.45) is 2.37. The molecule has 2 heterocycles. The molecule has 33 heavy (non-hydrogen) atoms. The summed E-state index contributed by atoms with van der Waals surface area (Å²) in [4.78, 5) is 14.4. The standard InChI is InChI=1S/C23H29ClN2O5S2/c1-14-6-7-17-20(10-14)32-23(21(17)22(28)26-15-8-9-33(29,30)13-15)25-11-16(27)12-31-19-5-3-2-4-18(19)24/h2-5,14-16,25,27H,6-13H2,1H3,(H,26,28). The minimum absolute atomic E-state index is 0.0110. The van der Waals surface area contributed by atoms with Gasteiger partial charge in [-0.1, -0.05) is 30.7 Å². The Morgan fingerprint density at radius 2 is 2.12 bits per heavy atom. The number of para-hydroxylation sites is 1. The highest BCUT2D eigenvalue weighted by molar-refractivity contribution is 7.91. The molecule has 0 bridgehead atoms. The minimum Gasteiger partial charge on any atom is -0.489 e. The van der Waals surface area contributed by atoms with Crippen molar-refractivity contribution in [3.05, 3.63) is 45.3 Å². The zero-order valence-electron chi connectivity index (χ0n) is 18.5. The number of aliphatic hydroxyl groups excluding tert-OH is 1. The number of hydrogen-bond donors (Lipinski definition) is 3. The zero-order valence-corrected chi connectivity index (χ0v) is 20.9. The van der Waals surface area contributed by atoms with Crippen LogP contribution in [0.2, 0.25) is 5.02 Å². The summed E-state index contributed by atoms with van der Waals surface area (Å²) in [7, 11) is -3.08. The molecule has 0 saturated carbocycles. The lowest BCUT2D eigenvalue weighted by atomic mass is 9.88. The number of sulfone groups is 1. The summed E-state index contributed by atoms with van der Waals surface area (Å²) >= 11 is 7.64. The molecule has 180 valence electrons. The van der Waals surface area contributed by atoms with Crippen LogP contribution < -0.4 is 15.4 Å². The molecule has 1 aliphatic carbocycles. The number of amides is 1. The van der Waals surface area contributed by atoms with E-state index in [9.17, 15) is 18.3 Å². The number of carbonyl (C=O) groups excluding carboxylic acids is 1. The lowest BCUT2D eigenvalue weighted by molar-refractivity contribution is 0.0940. The van der Waals surface area contributed by atoms with Crippen LogP contribution in [-0.2, 0) is 22.7 Å². The number of hydrogen-bond acceptors (Lipinski definition) is 7. The van der Waals surface area contributed by atoms with Crippen molar-refractivity contribution in [3.8, 4) is 5.75 Å². The molecule has 1 aromatic heterocycles. The minimum atomic E-state index is -3.08. The molecule has 1 amide bonds. The van der Waals surface area contributed by atoms with Crippen molar-refractivity contribution in [1.29, 1.82) is 0 Å². The van der Waals surface area contributed by atoms with Crippen LogP contribution in [0.4, 0.5) is 5.00 Å². The van der Waals surface area contributed by atoms with Crippen LogP contribution in [0.15, 0.2) is 24.3 Å². The van der Waals surface area contributed by atoms with Gasteiger partial charge in [-0.15, -0.1) is 11.3 Å². The van der Waals surface area contributed by atoms with Crippen molar-refractivity contribution >= 4 is 43.7 Å². The number of rotatable bonds is 8. The van der Waals surface area contributed by atoms with Crippen LogP contribution in [0, 0.1) is 5.92 Å². The van der Waals surface area contributed by atoms with E-state index in [1.807, 2.05) is 6.07 Å². The van der Waals surface area contributed by atoms with Gasteiger partial charge in [-0.05, 0) is 49.3 Å². The second kappa shape index (κ2) is 10.2. The van der Waals surface area contributed by atoms with Crippen LogP contribution in [0.1, 0.15) is 40.6 Å². The van der Waals surface area contributed by atoms with Gasteiger partial charge < -0.3 is 20.5 Å². The van der Waals surface area contributed by atoms with Gasteiger partial charge >= 0.3 is 0 Å². The summed E-state index contributed by atoms with van der Waals surface area (Å²) in [6, 6.07) is 6.72. The topological polar surface area (TPSA) is 105 Å². The third kappa shape index (κ3) is 6.01. The number of halogens is 1. The third-order valence-corrected chi connectivity index (χ3v) is 9.36.